The van der Waals surface area contributed by atoms with E-state index in [0.29, 0.717) is 0 Å². The highest BCUT2D eigenvalue weighted by Crippen LogP contribution is 2.33. The first-order valence-electron chi connectivity index (χ1n) is 14.4. The van der Waals surface area contributed by atoms with Gasteiger partial charge >= 0.3 is 0 Å². The summed E-state index contributed by atoms with van der Waals surface area (Å²) in [6.07, 6.45) is 1.85. The van der Waals surface area contributed by atoms with Gasteiger partial charge < -0.3 is 0 Å². The Morgan fingerprint density at radius 3 is 1.93 bits per heavy atom. The minimum Gasteiger partial charge on any atom is -0.292 e. The molecule has 0 aliphatic carbocycles. The molecule has 43 heavy (non-hydrogen) atoms. The lowest BCUT2D eigenvalue weighted by Crippen LogP contribution is -1.97. The van der Waals surface area contributed by atoms with Crippen LogP contribution in [0.4, 0.5) is 0 Å². The van der Waals surface area contributed by atoms with E-state index in [4.69, 9.17) is 9.97 Å². The Balaban J connectivity index is 1.15. The largest absolute Gasteiger partial charge is 0.292 e. The van der Waals surface area contributed by atoms with E-state index in [9.17, 15) is 0 Å². The number of hydrogen-bond donors (Lipinski definition) is 0. The zero-order valence-corrected chi connectivity index (χ0v) is 23.1. The van der Waals surface area contributed by atoms with Gasteiger partial charge in [-0.05, 0) is 82.2 Å². The van der Waals surface area contributed by atoms with E-state index in [0.717, 1.165) is 61.2 Å². The van der Waals surface area contributed by atoms with Crippen molar-refractivity contribution in [1.82, 2.24) is 19.5 Å². The number of para-hydroxylation sites is 3. The lowest BCUT2D eigenvalue weighted by atomic mass is 9.98. The number of benzene rings is 6. The van der Waals surface area contributed by atoms with Crippen molar-refractivity contribution in [3.05, 3.63) is 146 Å². The summed E-state index contributed by atoms with van der Waals surface area (Å²) in [6, 6.07) is 48.9. The highest BCUT2D eigenvalue weighted by atomic mass is 15.1. The normalized spacial score (nSPS) is 11.7. The molecule has 0 bridgehead atoms. The van der Waals surface area contributed by atoms with Crippen molar-refractivity contribution in [2.75, 3.05) is 0 Å². The van der Waals surface area contributed by atoms with E-state index >= 15 is 0 Å². The molecule has 0 atom stereocenters. The molecular formula is C39H24N4. The minimum absolute atomic E-state index is 0.922. The summed E-state index contributed by atoms with van der Waals surface area (Å²) in [5, 5.41) is 7.08. The van der Waals surface area contributed by atoms with Gasteiger partial charge in [-0.3, -0.25) is 9.55 Å². The van der Waals surface area contributed by atoms with Crippen LogP contribution in [0.15, 0.2) is 146 Å². The van der Waals surface area contributed by atoms with E-state index in [1.807, 2.05) is 24.4 Å². The van der Waals surface area contributed by atoms with E-state index in [1.165, 1.54) is 21.5 Å². The Hall–Kier alpha value is -5.87. The van der Waals surface area contributed by atoms with E-state index in [2.05, 4.69) is 131 Å². The van der Waals surface area contributed by atoms with Crippen molar-refractivity contribution < 1.29 is 0 Å². The summed E-state index contributed by atoms with van der Waals surface area (Å²) in [5.41, 5.74) is 8.22. The Morgan fingerprint density at radius 2 is 1.12 bits per heavy atom. The summed E-state index contributed by atoms with van der Waals surface area (Å²) in [6.45, 7) is 0. The third kappa shape index (κ3) is 3.88. The van der Waals surface area contributed by atoms with Crippen LogP contribution in [0.3, 0.4) is 0 Å². The molecule has 0 amide bonds. The average Bonchev–Trinajstić information content (AvgIpc) is 3.46. The lowest BCUT2D eigenvalue weighted by Gasteiger charge is -2.11. The zero-order chi connectivity index (χ0) is 28.3. The molecule has 0 fully saturated rings. The van der Waals surface area contributed by atoms with E-state index < -0.39 is 0 Å². The van der Waals surface area contributed by atoms with Crippen LogP contribution in [0.5, 0.6) is 0 Å². The topological polar surface area (TPSA) is 43.6 Å². The van der Waals surface area contributed by atoms with Gasteiger partial charge in [0.2, 0.25) is 0 Å². The van der Waals surface area contributed by atoms with Crippen LogP contribution in [-0.4, -0.2) is 19.5 Å². The molecular weight excluding hydrogens is 524 g/mol. The van der Waals surface area contributed by atoms with Gasteiger partial charge in [-0.2, -0.15) is 0 Å². The number of fused-ring (bicyclic) bond motifs is 6. The van der Waals surface area contributed by atoms with Crippen molar-refractivity contribution in [2.24, 2.45) is 0 Å². The van der Waals surface area contributed by atoms with Crippen LogP contribution in [0.1, 0.15) is 0 Å². The Kier molecular flexibility index (Phi) is 5.16. The first-order valence-corrected chi connectivity index (χ1v) is 14.4. The van der Waals surface area contributed by atoms with Crippen molar-refractivity contribution in [3.8, 4) is 28.3 Å². The van der Waals surface area contributed by atoms with Gasteiger partial charge in [0.1, 0.15) is 5.82 Å². The standard InChI is InChI=1S/C39H24N4/c1-2-8-31(9-3-1)43-38-11-5-4-10-35(38)42-39(43)26-14-12-25(13-15-26)34-19-18-30-22-28-17-16-27-21-29-7-6-20-40-36(29)23-32(27)33(28)24-37(30)41-34/h1-24H. The maximum atomic E-state index is 5.13. The summed E-state index contributed by atoms with van der Waals surface area (Å²) in [5.74, 6) is 0.922. The summed E-state index contributed by atoms with van der Waals surface area (Å²) < 4.78 is 2.23. The van der Waals surface area contributed by atoms with Crippen LogP contribution in [0.2, 0.25) is 0 Å². The van der Waals surface area contributed by atoms with Crippen LogP contribution < -0.4 is 0 Å². The molecule has 9 rings (SSSR count). The molecule has 0 radical (unpaired) electrons. The predicted molar refractivity (Wildman–Crippen MR) is 178 cm³/mol. The molecule has 0 saturated carbocycles. The highest BCUT2D eigenvalue weighted by molar-refractivity contribution is 6.14. The summed E-state index contributed by atoms with van der Waals surface area (Å²) in [4.78, 5) is 14.7. The molecule has 0 unspecified atom stereocenters. The predicted octanol–water partition coefficient (Wildman–Crippen LogP) is 9.76. The number of pyridine rings is 2. The Labute approximate surface area is 247 Å². The fourth-order valence-electron chi connectivity index (χ4n) is 6.26. The maximum Gasteiger partial charge on any atom is 0.145 e. The zero-order valence-electron chi connectivity index (χ0n) is 23.1. The number of nitrogens with zero attached hydrogens (tertiary/aromatic N) is 4. The Bertz CT molecular complexity index is 2490. The van der Waals surface area contributed by atoms with Gasteiger partial charge in [-0.25, -0.2) is 9.97 Å². The molecule has 0 spiro atoms. The van der Waals surface area contributed by atoms with E-state index in [-0.39, 0.29) is 0 Å². The fourth-order valence-corrected chi connectivity index (χ4v) is 6.26. The average molecular weight is 549 g/mol. The third-order valence-corrected chi connectivity index (χ3v) is 8.38. The van der Waals surface area contributed by atoms with Crippen molar-refractivity contribution >= 4 is 54.4 Å². The molecule has 0 saturated heterocycles. The summed E-state index contributed by atoms with van der Waals surface area (Å²) >= 11 is 0. The molecule has 4 nitrogen and oxygen atoms in total. The SMILES string of the molecule is c1ccc(-n2c(-c3ccc(-c4ccc5cc6ccc7cc8cccnc8cc7c6cc5n4)cc3)nc3ccccc32)cc1. The van der Waals surface area contributed by atoms with Crippen LogP contribution >= 0.6 is 0 Å². The minimum atomic E-state index is 0.922. The molecule has 0 aliphatic heterocycles. The number of rotatable bonds is 3. The van der Waals surface area contributed by atoms with Gasteiger partial charge in [0.05, 0.1) is 27.8 Å². The monoisotopic (exact) mass is 548 g/mol. The molecule has 0 aliphatic rings. The first-order chi connectivity index (χ1) is 21.3. The molecule has 3 aromatic heterocycles. The smallest absolute Gasteiger partial charge is 0.145 e. The van der Waals surface area contributed by atoms with Crippen LogP contribution in [0, 0.1) is 0 Å². The highest BCUT2D eigenvalue weighted by Gasteiger charge is 2.14. The second-order valence-electron chi connectivity index (χ2n) is 11.0. The van der Waals surface area contributed by atoms with Gasteiger partial charge in [-0.1, -0.05) is 78.9 Å². The molecule has 4 heteroatoms. The number of hydrogen-bond acceptors (Lipinski definition) is 3. The number of aromatic nitrogens is 4. The van der Waals surface area contributed by atoms with Crippen LogP contribution in [-0.2, 0) is 0 Å². The first kappa shape index (κ1) is 23.8. The van der Waals surface area contributed by atoms with Gasteiger partial charge in [0.25, 0.3) is 0 Å². The van der Waals surface area contributed by atoms with Crippen molar-refractivity contribution in [3.63, 3.8) is 0 Å². The van der Waals surface area contributed by atoms with Crippen molar-refractivity contribution in [1.29, 1.82) is 0 Å². The molecule has 200 valence electrons. The van der Waals surface area contributed by atoms with Gasteiger partial charge in [0.15, 0.2) is 0 Å². The Morgan fingerprint density at radius 1 is 0.442 bits per heavy atom. The maximum absolute atomic E-state index is 5.13. The number of imidazole rings is 1. The van der Waals surface area contributed by atoms with Gasteiger partial charge in [0, 0.05) is 33.8 Å². The van der Waals surface area contributed by atoms with Gasteiger partial charge in [-0.15, -0.1) is 0 Å². The molecule has 0 N–H and O–H groups in total. The summed E-state index contributed by atoms with van der Waals surface area (Å²) in [7, 11) is 0. The van der Waals surface area contributed by atoms with Crippen LogP contribution in [0.25, 0.3) is 82.7 Å². The quantitative estimate of drug-likeness (QED) is 0.163. The van der Waals surface area contributed by atoms with E-state index in [1.54, 1.807) is 0 Å². The fraction of sp³-hybridized carbons (Fsp3) is 0. The second-order valence-corrected chi connectivity index (χ2v) is 11.0. The second kappa shape index (κ2) is 9.33. The van der Waals surface area contributed by atoms with Crippen molar-refractivity contribution in [2.45, 2.75) is 0 Å². The molecule has 9 aromatic rings. The lowest BCUT2D eigenvalue weighted by molar-refractivity contribution is 1.10. The molecule has 6 aromatic carbocycles. The molecule has 3 heterocycles. The third-order valence-electron chi connectivity index (χ3n) is 8.38.